The number of para-hydroxylation sites is 1. The third-order valence-corrected chi connectivity index (χ3v) is 2.48. The number of aromatic nitrogens is 1. The molecule has 1 aromatic heterocycles. The Morgan fingerprint density at radius 3 is 2.63 bits per heavy atom. The van der Waals surface area contributed by atoms with Crippen LogP contribution in [0, 0.1) is 5.82 Å². The molecule has 3 nitrogen and oxygen atoms in total. The molecule has 0 amide bonds. The minimum atomic E-state index is -2.95. The summed E-state index contributed by atoms with van der Waals surface area (Å²) in [5.41, 5.74) is -0.0521. The van der Waals surface area contributed by atoms with E-state index in [1.54, 1.807) is 6.07 Å². The lowest BCUT2D eigenvalue weighted by Crippen LogP contribution is -2.20. The van der Waals surface area contributed by atoms with E-state index in [0.717, 1.165) is 22.9 Å². The van der Waals surface area contributed by atoms with Gasteiger partial charge in [-0.1, -0.05) is 18.2 Å². The number of benzene rings is 1. The summed E-state index contributed by atoms with van der Waals surface area (Å²) in [5.74, 6) is -0.611. The predicted octanol–water partition coefficient (Wildman–Crippen LogP) is 2.64. The number of hydrogen-bond acceptors (Lipinski definition) is 2. The van der Waals surface area contributed by atoms with Crippen LogP contribution < -0.4 is 10.3 Å². The van der Waals surface area contributed by atoms with Gasteiger partial charge in [0, 0.05) is 17.8 Å². The zero-order valence-electron chi connectivity index (χ0n) is 9.72. The Bertz CT molecular complexity index is 625. The molecule has 0 fully saturated rings. The fourth-order valence-electron chi connectivity index (χ4n) is 1.65. The summed E-state index contributed by atoms with van der Waals surface area (Å²) in [4.78, 5) is 11.5. The lowest BCUT2D eigenvalue weighted by molar-refractivity contribution is -0.0504. The Morgan fingerprint density at radius 1 is 1.16 bits per heavy atom. The average Bonchev–Trinajstić information content (AvgIpc) is 2.35. The van der Waals surface area contributed by atoms with Crippen molar-refractivity contribution < 1.29 is 17.9 Å². The van der Waals surface area contributed by atoms with Crippen LogP contribution in [0.25, 0.3) is 0 Å². The smallest absolute Gasteiger partial charge is 0.387 e. The van der Waals surface area contributed by atoms with Gasteiger partial charge >= 0.3 is 6.61 Å². The Kier molecular flexibility index (Phi) is 3.89. The van der Waals surface area contributed by atoms with Crippen LogP contribution in [0.15, 0.2) is 47.4 Å². The fourth-order valence-corrected chi connectivity index (χ4v) is 1.65. The molecule has 100 valence electrons. The molecule has 2 rings (SSSR count). The molecule has 0 aliphatic carbocycles. The first-order chi connectivity index (χ1) is 9.06. The number of ether oxygens (including phenoxy) is 1. The number of pyridine rings is 1. The maximum absolute atomic E-state index is 13.0. The van der Waals surface area contributed by atoms with E-state index in [1.165, 1.54) is 18.2 Å². The largest absolute Gasteiger partial charge is 0.434 e. The molecular formula is C13H10F3NO2. The van der Waals surface area contributed by atoms with Crippen molar-refractivity contribution in [1.82, 2.24) is 4.57 Å². The van der Waals surface area contributed by atoms with Gasteiger partial charge in [0.2, 0.25) is 0 Å². The molecule has 2 aromatic rings. The summed E-state index contributed by atoms with van der Waals surface area (Å²) in [6.45, 7) is -3.00. The molecule has 6 heteroatoms. The lowest BCUT2D eigenvalue weighted by Gasteiger charge is -2.11. The second kappa shape index (κ2) is 5.60. The minimum Gasteiger partial charge on any atom is -0.434 e. The maximum atomic E-state index is 13.0. The van der Waals surface area contributed by atoms with E-state index < -0.39 is 18.0 Å². The van der Waals surface area contributed by atoms with Gasteiger partial charge in [0.15, 0.2) is 0 Å². The highest BCUT2D eigenvalue weighted by atomic mass is 19.3. The number of halogens is 3. The molecule has 0 radical (unpaired) electrons. The third-order valence-electron chi connectivity index (χ3n) is 2.48. The summed E-state index contributed by atoms with van der Waals surface area (Å²) in [5, 5.41) is 0. The standard InChI is InChI=1S/C13H10F3NO2/c14-10-5-6-12(18)17(8-10)7-9-3-1-2-4-11(9)19-13(15)16/h1-6,8,13H,7H2. The van der Waals surface area contributed by atoms with E-state index in [-0.39, 0.29) is 12.3 Å². The molecule has 0 bridgehead atoms. The first-order valence-corrected chi connectivity index (χ1v) is 5.45. The Hall–Kier alpha value is -2.24. The highest BCUT2D eigenvalue weighted by molar-refractivity contribution is 5.33. The molecule has 0 spiro atoms. The van der Waals surface area contributed by atoms with Crippen molar-refractivity contribution in [3.8, 4) is 5.75 Å². The van der Waals surface area contributed by atoms with Crippen LogP contribution in [-0.2, 0) is 6.54 Å². The van der Waals surface area contributed by atoms with E-state index in [4.69, 9.17) is 0 Å². The zero-order chi connectivity index (χ0) is 13.8. The van der Waals surface area contributed by atoms with Crippen molar-refractivity contribution in [3.63, 3.8) is 0 Å². The van der Waals surface area contributed by atoms with Crippen molar-refractivity contribution >= 4 is 0 Å². The van der Waals surface area contributed by atoms with Gasteiger partial charge in [-0.25, -0.2) is 4.39 Å². The Balaban J connectivity index is 2.33. The van der Waals surface area contributed by atoms with Gasteiger partial charge in [0.1, 0.15) is 11.6 Å². The van der Waals surface area contributed by atoms with Gasteiger partial charge in [-0.05, 0) is 12.1 Å². The highest BCUT2D eigenvalue weighted by Gasteiger charge is 2.10. The van der Waals surface area contributed by atoms with Gasteiger partial charge < -0.3 is 9.30 Å². The molecular weight excluding hydrogens is 259 g/mol. The summed E-state index contributed by atoms with van der Waals surface area (Å²) in [6, 6.07) is 8.18. The molecule has 0 atom stereocenters. The monoisotopic (exact) mass is 269 g/mol. The molecule has 0 N–H and O–H groups in total. The summed E-state index contributed by atoms with van der Waals surface area (Å²) < 4.78 is 42.9. The molecule has 1 heterocycles. The molecule has 0 aliphatic rings. The highest BCUT2D eigenvalue weighted by Crippen LogP contribution is 2.20. The van der Waals surface area contributed by atoms with Gasteiger partial charge in [-0.3, -0.25) is 4.79 Å². The van der Waals surface area contributed by atoms with E-state index >= 15 is 0 Å². The quantitative estimate of drug-likeness (QED) is 0.854. The van der Waals surface area contributed by atoms with Gasteiger partial charge in [0.25, 0.3) is 5.56 Å². The van der Waals surface area contributed by atoms with Gasteiger partial charge in [0.05, 0.1) is 6.54 Å². The van der Waals surface area contributed by atoms with Crippen molar-refractivity contribution in [1.29, 1.82) is 0 Å². The molecule has 0 saturated heterocycles. The molecule has 19 heavy (non-hydrogen) atoms. The maximum Gasteiger partial charge on any atom is 0.387 e. The summed E-state index contributed by atoms with van der Waals surface area (Å²) in [7, 11) is 0. The molecule has 0 aliphatic heterocycles. The van der Waals surface area contributed by atoms with Crippen LogP contribution in [0.1, 0.15) is 5.56 Å². The number of nitrogens with zero attached hydrogens (tertiary/aromatic N) is 1. The zero-order valence-corrected chi connectivity index (χ0v) is 9.72. The molecule has 0 unspecified atom stereocenters. The Morgan fingerprint density at radius 2 is 1.89 bits per heavy atom. The number of rotatable bonds is 4. The lowest BCUT2D eigenvalue weighted by atomic mass is 10.2. The summed E-state index contributed by atoms with van der Waals surface area (Å²) >= 11 is 0. The number of alkyl halides is 2. The minimum absolute atomic E-state index is 0.0336. The topological polar surface area (TPSA) is 31.2 Å². The second-order valence-corrected chi connectivity index (χ2v) is 3.80. The van der Waals surface area contributed by atoms with Crippen LogP contribution >= 0.6 is 0 Å². The van der Waals surface area contributed by atoms with Crippen molar-refractivity contribution in [3.05, 3.63) is 64.3 Å². The van der Waals surface area contributed by atoms with E-state index in [1.807, 2.05) is 0 Å². The number of hydrogen-bond donors (Lipinski definition) is 0. The first kappa shape index (κ1) is 13.2. The van der Waals surface area contributed by atoms with E-state index in [9.17, 15) is 18.0 Å². The normalized spacial score (nSPS) is 10.7. The van der Waals surface area contributed by atoms with Crippen LogP contribution in [0.4, 0.5) is 13.2 Å². The first-order valence-electron chi connectivity index (χ1n) is 5.45. The van der Waals surface area contributed by atoms with Crippen molar-refractivity contribution in [2.45, 2.75) is 13.2 Å². The molecule has 1 aromatic carbocycles. The van der Waals surface area contributed by atoms with Crippen molar-refractivity contribution in [2.75, 3.05) is 0 Å². The van der Waals surface area contributed by atoms with Crippen LogP contribution in [0.5, 0.6) is 5.75 Å². The van der Waals surface area contributed by atoms with Crippen molar-refractivity contribution in [2.24, 2.45) is 0 Å². The predicted molar refractivity (Wildman–Crippen MR) is 62.8 cm³/mol. The van der Waals surface area contributed by atoms with Crippen LogP contribution in [-0.4, -0.2) is 11.2 Å². The average molecular weight is 269 g/mol. The van der Waals surface area contributed by atoms with Gasteiger partial charge in [-0.2, -0.15) is 8.78 Å². The molecule has 0 saturated carbocycles. The van der Waals surface area contributed by atoms with Crippen LogP contribution in [0.3, 0.4) is 0 Å². The van der Waals surface area contributed by atoms with Gasteiger partial charge in [-0.15, -0.1) is 0 Å². The van der Waals surface area contributed by atoms with E-state index in [2.05, 4.69) is 4.74 Å². The SMILES string of the molecule is O=c1ccc(F)cn1Cc1ccccc1OC(F)F. The fraction of sp³-hybridized carbons (Fsp3) is 0.154. The van der Waals surface area contributed by atoms with Crippen LogP contribution in [0.2, 0.25) is 0 Å². The Labute approximate surface area is 106 Å². The summed E-state index contributed by atoms with van der Waals surface area (Å²) in [6.07, 6.45) is 1.02. The van der Waals surface area contributed by atoms with E-state index in [0.29, 0.717) is 5.56 Å². The third kappa shape index (κ3) is 3.37. The second-order valence-electron chi connectivity index (χ2n) is 3.80.